The van der Waals surface area contributed by atoms with Crippen molar-refractivity contribution in [3.8, 4) is 0 Å². The summed E-state index contributed by atoms with van der Waals surface area (Å²) in [5, 5.41) is 9.78. The van der Waals surface area contributed by atoms with Crippen molar-refractivity contribution in [1.29, 1.82) is 0 Å². The number of halogens is 1. The summed E-state index contributed by atoms with van der Waals surface area (Å²) >= 11 is 5.49. The van der Waals surface area contributed by atoms with E-state index in [0.29, 0.717) is 26.2 Å². The van der Waals surface area contributed by atoms with E-state index in [1.807, 2.05) is 4.90 Å². The highest BCUT2D eigenvalue weighted by Gasteiger charge is 2.40. The average molecular weight is 297 g/mol. The molecule has 1 N–H and O–H groups in total. The summed E-state index contributed by atoms with van der Waals surface area (Å²) in [5.74, 6) is -0.271. The van der Waals surface area contributed by atoms with Gasteiger partial charge in [-0.2, -0.15) is 0 Å². The largest absolute Gasteiger partial charge is 0.390 e. The topological polar surface area (TPSA) is 77.9 Å². The smallest absolute Gasteiger partial charge is 0.237 e. The lowest BCUT2D eigenvalue weighted by molar-refractivity contribution is -0.130. The predicted octanol–water partition coefficient (Wildman–Crippen LogP) is -1.47. The van der Waals surface area contributed by atoms with Gasteiger partial charge in [-0.3, -0.25) is 9.69 Å². The number of alkyl halides is 1. The van der Waals surface area contributed by atoms with Crippen molar-refractivity contribution in [1.82, 2.24) is 9.80 Å². The third-order valence-corrected chi connectivity index (χ3v) is 5.47. The molecule has 0 bridgehead atoms. The standard InChI is InChI=1S/C10H17ClN2O4S/c11-5-10(15)13-3-1-12(2-4-13)8-6-18(16,17)7-9(8)14/h8-9,14H,1-7H2/t8-,9-/m1/s1. The first kappa shape index (κ1) is 14.0. The van der Waals surface area contributed by atoms with Crippen LogP contribution in [0.5, 0.6) is 0 Å². The lowest BCUT2D eigenvalue weighted by atomic mass is 10.1. The molecule has 2 rings (SSSR count). The molecule has 0 aromatic heterocycles. The summed E-state index contributed by atoms with van der Waals surface area (Å²) in [6.45, 7) is 2.24. The lowest BCUT2D eigenvalue weighted by Crippen LogP contribution is -2.55. The van der Waals surface area contributed by atoms with Crippen LogP contribution in [0.15, 0.2) is 0 Å². The molecule has 0 saturated carbocycles. The Kier molecular flexibility index (Phi) is 4.15. The molecule has 0 aromatic rings. The third kappa shape index (κ3) is 2.96. The van der Waals surface area contributed by atoms with Gasteiger partial charge in [0.15, 0.2) is 9.84 Å². The number of aliphatic hydroxyl groups is 1. The molecule has 2 fully saturated rings. The Bertz CT molecular complexity index is 420. The molecule has 8 heteroatoms. The zero-order valence-corrected chi connectivity index (χ0v) is 11.5. The molecule has 18 heavy (non-hydrogen) atoms. The van der Waals surface area contributed by atoms with E-state index in [9.17, 15) is 18.3 Å². The fraction of sp³-hybridized carbons (Fsp3) is 0.900. The first-order valence-electron chi connectivity index (χ1n) is 5.89. The highest BCUT2D eigenvalue weighted by molar-refractivity contribution is 7.91. The van der Waals surface area contributed by atoms with E-state index in [1.54, 1.807) is 4.90 Å². The molecule has 1 amide bonds. The van der Waals surface area contributed by atoms with Gasteiger partial charge in [0.1, 0.15) is 5.88 Å². The molecule has 0 aromatic carbocycles. The lowest BCUT2D eigenvalue weighted by Gasteiger charge is -2.38. The molecule has 2 atom stereocenters. The van der Waals surface area contributed by atoms with Gasteiger partial charge in [-0.15, -0.1) is 11.6 Å². The van der Waals surface area contributed by atoms with Crippen LogP contribution in [0.2, 0.25) is 0 Å². The van der Waals surface area contributed by atoms with Crippen molar-refractivity contribution < 1.29 is 18.3 Å². The number of carbonyl (C=O) groups is 1. The molecule has 6 nitrogen and oxygen atoms in total. The zero-order valence-electron chi connectivity index (χ0n) is 9.96. The van der Waals surface area contributed by atoms with Crippen LogP contribution in [-0.4, -0.2) is 84.9 Å². The van der Waals surface area contributed by atoms with Crippen LogP contribution in [0.1, 0.15) is 0 Å². The third-order valence-electron chi connectivity index (χ3n) is 3.54. The van der Waals surface area contributed by atoms with Crippen LogP contribution in [0.4, 0.5) is 0 Å². The molecule has 0 spiro atoms. The molecular formula is C10H17ClN2O4S. The molecule has 2 aliphatic heterocycles. The fourth-order valence-corrected chi connectivity index (χ4v) is 4.55. The maximum atomic E-state index is 11.4. The Morgan fingerprint density at radius 3 is 2.28 bits per heavy atom. The number of hydrogen-bond acceptors (Lipinski definition) is 5. The van der Waals surface area contributed by atoms with Crippen molar-refractivity contribution in [2.75, 3.05) is 43.6 Å². The minimum atomic E-state index is -3.12. The van der Waals surface area contributed by atoms with Crippen LogP contribution >= 0.6 is 11.6 Å². The van der Waals surface area contributed by atoms with Crippen LogP contribution < -0.4 is 0 Å². The normalized spacial score (nSPS) is 32.7. The molecule has 2 aliphatic rings. The van der Waals surface area contributed by atoms with Crippen LogP contribution in [0, 0.1) is 0 Å². The number of sulfone groups is 1. The number of nitrogens with zero attached hydrogens (tertiary/aromatic N) is 2. The molecule has 2 heterocycles. The highest BCUT2D eigenvalue weighted by Crippen LogP contribution is 2.20. The van der Waals surface area contributed by atoms with Crippen LogP contribution in [0.25, 0.3) is 0 Å². The predicted molar refractivity (Wildman–Crippen MR) is 67.3 cm³/mol. The molecule has 2 saturated heterocycles. The number of piperazine rings is 1. The molecular weight excluding hydrogens is 280 g/mol. The maximum absolute atomic E-state index is 11.4. The van der Waals surface area contributed by atoms with E-state index in [2.05, 4.69) is 0 Å². The monoisotopic (exact) mass is 296 g/mol. The van der Waals surface area contributed by atoms with E-state index in [0.717, 1.165) is 0 Å². The minimum Gasteiger partial charge on any atom is -0.390 e. The summed E-state index contributed by atoms with van der Waals surface area (Å²) in [6.07, 6.45) is -0.815. The number of hydrogen-bond donors (Lipinski definition) is 1. The quantitative estimate of drug-likeness (QED) is 0.629. The van der Waals surface area contributed by atoms with E-state index in [4.69, 9.17) is 11.6 Å². The summed E-state index contributed by atoms with van der Waals surface area (Å²) in [6, 6.07) is -0.330. The summed E-state index contributed by atoms with van der Waals surface area (Å²) in [5.41, 5.74) is 0. The van der Waals surface area contributed by atoms with Gasteiger partial charge in [-0.05, 0) is 0 Å². The van der Waals surface area contributed by atoms with E-state index < -0.39 is 15.9 Å². The minimum absolute atomic E-state index is 0.0115. The summed E-state index contributed by atoms with van der Waals surface area (Å²) < 4.78 is 22.9. The first-order chi connectivity index (χ1) is 8.43. The molecule has 0 radical (unpaired) electrons. The number of rotatable bonds is 2. The highest BCUT2D eigenvalue weighted by atomic mass is 35.5. The van der Waals surface area contributed by atoms with Gasteiger partial charge >= 0.3 is 0 Å². The van der Waals surface area contributed by atoms with Crippen molar-refractivity contribution in [2.45, 2.75) is 12.1 Å². The van der Waals surface area contributed by atoms with Gasteiger partial charge < -0.3 is 10.0 Å². The summed E-state index contributed by atoms with van der Waals surface area (Å²) in [4.78, 5) is 15.0. The SMILES string of the molecule is O=C(CCl)N1CCN([C@@H]2CS(=O)(=O)C[C@H]2O)CC1. The number of amides is 1. The molecule has 0 aliphatic carbocycles. The van der Waals surface area contributed by atoms with Crippen LogP contribution in [0.3, 0.4) is 0 Å². The van der Waals surface area contributed by atoms with Gasteiger partial charge in [0, 0.05) is 26.2 Å². The first-order valence-corrected chi connectivity index (χ1v) is 8.25. The average Bonchev–Trinajstić information content (AvgIpc) is 2.62. The van der Waals surface area contributed by atoms with Crippen molar-refractivity contribution in [3.63, 3.8) is 0 Å². The van der Waals surface area contributed by atoms with E-state index in [-0.39, 0.29) is 29.3 Å². The van der Waals surface area contributed by atoms with E-state index in [1.165, 1.54) is 0 Å². The van der Waals surface area contributed by atoms with Crippen LogP contribution in [-0.2, 0) is 14.6 Å². The number of carbonyl (C=O) groups excluding carboxylic acids is 1. The van der Waals surface area contributed by atoms with Crippen molar-refractivity contribution in [3.05, 3.63) is 0 Å². The second-order valence-corrected chi connectivity index (χ2v) is 7.18. The van der Waals surface area contributed by atoms with Crippen molar-refractivity contribution in [2.24, 2.45) is 0 Å². The van der Waals surface area contributed by atoms with Gasteiger partial charge in [0.25, 0.3) is 0 Å². The maximum Gasteiger partial charge on any atom is 0.237 e. The fourth-order valence-electron chi connectivity index (χ4n) is 2.55. The van der Waals surface area contributed by atoms with Crippen molar-refractivity contribution >= 4 is 27.3 Å². The second-order valence-electron chi connectivity index (χ2n) is 4.76. The zero-order chi connectivity index (χ0) is 13.3. The Hall–Kier alpha value is -0.370. The Morgan fingerprint density at radius 2 is 1.83 bits per heavy atom. The van der Waals surface area contributed by atoms with Gasteiger partial charge in [-0.25, -0.2) is 8.42 Å². The van der Waals surface area contributed by atoms with Gasteiger partial charge in [0.2, 0.25) is 5.91 Å². The number of aliphatic hydroxyl groups excluding tert-OH is 1. The Balaban J connectivity index is 1.92. The second kappa shape index (κ2) is 5.32. The van der Waals surface area contributed by atoms with E-state index >= 15 is 0 Å². The molecule has 104 valence electrons. The Morgan fingerprint density at radius 1 is 1.22 bits per heavy atom. The van der Waals surface area contributed by atoms with Gasteiger partial charge in [0.05, 0.1) is 23.7 Å². The van der Waals surface area contributed by atoms with Gasteiger partial charge in [-0.1, -0.05) is 0 Å². The Labute approximate surface area is 111 Å². The summed E-state index contributed by atoms with van der Waals surface area (Å²) in [7, 11) is -3.12. The molecule has 0 unspecified atom stereocenters.